The van der Waals surface area contributed by atoms with E-state index in [2.05, 4.69) is 0 Å². The van der Waals surface area contributed by atoms with Crippen molar-refractivity contribution in [2.75, 3.05) is 48.8 Å². The summed E-state index contributed by atoms with van der Waals surface area (Å²) in [6, 6.07) is 8.61. The van der Waals surface area contributed by atoms with Crippen molar-refractivity contribution < 1.29 is 42.7 Å². The lowest BCUT2D eigenvalue weighted by Crippen LogP contribution is -2.22. The summed E-state index contributed by atoms with van der Waals surface area (Å²) >= 11 is 0. The van der Waals surface area contributed by atoms with E-state index in [1.165, 1.54) is 21.3 Å². The topological polar surface area (TPSA) is 90.9 Å². The molecule has 0 saturated heterocycles. The molecule has 1 unspecified atom stereocenters. The van der Waals surface area contributed by atoms with Gasteiger partial charge < -0.3 is 37.9 Å². The Kier molecular flexibility index (Phi) is 7.94. The van der Waals surface area contributed by atoms with Gasteiger partial charge in [-0.1, -0.05) is 6.07 Å². The molecule has 168 valence electrons. The third kappa shape index (κ3) is 5.38. The molecular formula is C22H26O9. The Bertz CT molecular complexity index is 897. The Hall–Kier alpha value is -3.01. The second kappa shape index (κ2) is 10.9. The van der Waals surface area contributed by atoms with Crippen molar-refractivity contribution in [1.82, 2.24) is 0 Å². The monoisotopic (exact) mass is 434 g/mol. The number of carbonyl (C=O) groups is 1. The van der Waals surface area contributed by atoms with Crippen molar-refractivity contribution in [2.45, 2.75) is 12.5 Å². The van der Waals surface area contributed by atoms with E-state index in [-0.39, 0.29) is 32.6 Å². The molecule has 1 aliphatic rings. The van der Waals surface area contributed by atoms with Gasteiger partial charge >= 0.3 is 0 Å². The molecule has 0 aromatic heterocycles. The highest BCUT2D eigenvalue weighted by atomic mass is 16.7. The lowest BCUT2D eigenvalue weighted by molar-refractivity contribution is 0.0439. The van der Waals surface area contributed by atoms with Crippen molar-refractivity contribution in [1.29, 1.82) is 0 Å². The first-order valence-electron chi connectivity index (χ1n) is 9.52. The van der Waals surface area contributed by atoms with Gasteiger partial charge in [-0.05, 0) is 17.7 Å². The summed E-state index contributed by atoms with van der Waals surface area (Å²) in [6.45, 7) is 0.118. The van der Waals surface area contributed by atoms with Crippen molar-refractivity contribution in [3.8, 4) is 28.7 Å². The van der Waals surface area contributed by atoms with Gasteiger partial charge in [0, 0.05) is 33.5 Å². The van der Waals surface area contributed by atoms with E-state index in [0.717, 1.165) is 5.56 Å². The van der Waals surface area contributed by atoms with E-state index in [1.807, 2.05) is 6.07 Å². The van der Waals surface area contributed by atoms with Crippen LogP contribution in [0.2, 0.25) is 0 Å². The van der Waals surface area contributed by atoms with Gasteiger partial charge in [0.05, 0.1) is 13.5 Å². The second-order valence-corrected chi connectivity index (χ2v) is 6.59. The quantitative estimate of drug-likeness (QED) is 0.494. The SMILES string of the molecule is COCOc1cc(OCOC)c2c(c1)OC(c1ccc(OCOC)c(OC)c1)CC2=O. The maximum Gasteiger partial charge on any atom is 0.188 e. The van der Waals surface area contributed by atoms with Gasteiger partial charge in [-0.15, -0.1) is 0 Å². The van der Waals surface area contributed by atoms with Gasteiger partial charge in [-0.2, -0.15) is 0 Å². The normalized spacial score (nSPS) is 15.1. The maximum atomic E-state index is 13.0. The third-order valence-electron chi connectivity index (χ3n) is 4.53. The van der Waals surface area contributed by atoms with Crippen LogP contribution in [0.4, 0.5) is 0 Å². The number of ether oxygens (including phenoxy) is 8. The molecule has 2 aromatic carbocycles. The predicted molar refractivity (Wildman–Crippen MR) is 109 cm³/mol. The average molecular weight is 434 g/mol. The van der Waals surface area contributed by atoms with Crippen LogP contribution in [-0.2, 0) is 14.2 Å². The second-order valence-electron chi connectivity index (χ2n) is 6.59. The van der Waals surface area contributed by atoms with Crippen LogP contribution in [-0.4, -0.2) is 54.6 Å². The highest BCUT2D eigenvalue weighted by Gasteiger charge is 2.32. The molecule has 0 spiro atoms. The lowest BCUT2D eigenvalue weighted by Gasteiger charge is -2.28. The van der Waals surface area contributed by atoms with Crippen LogP contribution in [0.25, 0.3) is 0 Å². The first-order chi connectivity index (χ1) is 15.1. The zero-order valence-corrected chi connectivity index (χ0v) is 18.0. The first-order valence-corrected chi connectivity index (χ1v) is 9.52. The third-order valence-corrected chi connectivity index (χ3v) is 4.53. The van der Waals surface area contributed by atoms with Crippen LogP contribution in [0.3, 0.4) is 0 Å². The first kappa shape index (κ1) is 22.7. The highest BCUT2D eigenvalue weighted by Crippen LogP contribution is 2.43. The summed E-state index contributed by atoms with van der Waals surface area (Å²) in [5, 5.41) is 0. The molecule has 0 radical (unpaired) electrons. The number of hydrogen-bond donors (Lipinski definition) is 0. The van der Waals surface area contributed by atoms with Crippen LogP contribution in [0.15, 0.2) is 30.3 Å². The molecule has 0 amide bonds. The molecule has 1 heterocycles. The minimum Gasteiger partial charge on any atom is -0.493 e. The van der Waals surface area contributed by atoms with E-state index >= 15 is 0 Å². The summed E-state index contributed by atoms with van der Waals surface area (Å²) in [7, 11) is 6.10. The minimum atomic E-state index is -0.515. The molecule has 1 aliphatic heterocycles. The van der Waals surface area contributed by atoms with Crippen molar-refractivity contribution in [3.05, 3.63) is 41.5 Å². The lowest BCUT2D eigenvalue weighted by atomic mass is 9.95. The van der Waals surface area contributed by atoms with E-state index in [1.54, 1.807) is 31.4 Å². The average Bonchev–Trinajstić information content (AvgIpc) is 2.79. The molecule has 9 heteroatoms. The number of Topliss-reactive ketones (excluding diaryl/α,β-unsaturated/α-hetero) is 1. The number of benzene rings is 2. The number of carbonyl (C=O) groups excluding carboxylic acids is 1. The largest absolute Gasteiger partial charge is 0.493 e. The predicted octanol–water partition coefficient (Wildman–Crippen LogP) is 3.35. The summed E-state index contributed by atoms with van der Waals surface area (Å²) in [4.78, 5) is 13.0. The van der Waals surface area contributed by atoms with Crippen molar-refractivity contribution in [3.63, 3.8) is 0 Å². The Morgan fingerprint density at radius 1 is 0.839 bits per heavy atom. The van der Waals surface area contributed by atoms with Gasteiger partial charge in [0.1, 0.15) is 28.9 Å². The fourth-order valence-corrected chi connectivity index (χ4v) is 3.16. The molecule has 3 rings (SSSR count). The number of ketones is 1. The Morgan fingerprint density at radius 3 is 2.19 bits per heavy atom. The summed E-state index contributed by atoms with van der Waals surface area (Å²) in [5.74, 6) is 2.06. The van der Waals surface area contributed by atoms with E-state index in [4.69, 9.17) is 37.9 Å². The van der Waals surface area contributed by atoms with Gasteiger partial charge in [-0.25, -0.2) is 0 Å². The molecular weight excluding hydrogens is 408 g/mol. The zero-order valence-electron chi connectivity index (χ0n) is 18.0. The van der Waals surface area contributed by atoms with Crippen LogP contribution >= 0.6 is 0 Å². The molecule has 31 heavy (non-hydrogen) atoms. The van der Waals surface area contributed by atoms with Gasteiger partial charge in [0.15, 0.2) is 37.7 Å². The molecule has 9 nitrogen and oxygen atoms in total. The van der Waals surface area contributed by atoms with Crippen LogP contribution in [0.5, 0.6) is 28.7 Å². The van der Waals surface area contributed by atoms with Gasteiger partial charge in [-0.3, -0.25) is 4.79 Å². The number of rotatable bonds is 11. The summed E-state index contributed by atoms with van der Waals surface area (Å²) in [5.41, 5.74) is 1.12. The number of fused-ring (bicyclic) bond motifs is 1. The van der Waals surface area contributed by atoms with Crippen LogP contribution in [0.1, 0.15) is 28.4 Å². The highest BCUT2D eigenvalue weighted by molar-refractivity contribution is 6.02. The molecule has 0 bridgehead atoms. The molecule has 2 aromatic rings. The van der Waals surface area contributed by atoms with E-state index < -0.39 is 6.10 Å². The standard InChI is InChI=1S/C22H26O9/c1-24-11-28-15-8-20(30-13-26-3)22-16(23)10-18(31-21(22)9-15)14-5-6-17(29-12-25-2)19(7-14)27-4/h5-9,18H,10-13H2,1-4H3. The fourth-order valence-electron chi connectivity index (χ4n) is 3.16. The van der Waals surface area contributed by atoms with Gasteiger partial charge in [0.25, 0.3) is 0 Å². The Labute approximate surface area is 180 Å². The smallest absolute Gasteiger partial charge is 0.188 e. The van der Waals surface area contributed by atoms with Crippen molar-refractivity contribution >= 4 is 5.78 Å². The fraction of sp³-hybridized carbons (Fsp3) is 0.409. The summed E-state index contributed by atoms with van der Waals surface area (Å²) in [6.07, 6.45) is -0.380. The molecule has 0 fully saturated rings. The minimum absolute atomic E-state index is 0.0169. The Balaban J connectivity index is 1.91. The maximum absolute atomic E-state index is 13.0. The molecule has 0 aliphatic carbocycles. The van der Waals surface area contributed by atoms with E-state index in [9.17, 15) is 4.79 Å². The molecule has 0 saturated carbocycles. The van der Waals surface area contributed by atoms with Gasteiger partial charge in [0.2, 0.25) is 0 Å². The van der Waals surface area contributed by atoms with Crippen LogP contribution < -0.4 is 23.7 Å². The zero-order chi connectivity index (χ0) is 22.2. The van der Waals surface area contributed by atoms with Crippen LogP contribution in [0, 0.1) is 0 Å². The van der Waals surface area contributed by atoms with Crippen molar-refractivity contribution in [2.24, 2.45) is 0 Å². The number of methoxy groups -OCH3 is 4. The van der Waals surface area contributed by atoms with E-state index in [0.29, 0.717) is 34.3 Å². The molecule has 0 N–H and O–H groups in total. The summed E-state index contributed by atoms with van der Waals surface area (Å²) < 4.78 is 43.0. The Morgan fingerprint density at radius 2 is 1.52 bits per heavy atom. The molecule has 1 atom stereocenters. The number of hydrogen-bond acceptors (Lipinski definition) is 9.